The van der Waals surface area contributed by atoms with Crippen LogP contribution >= 0.6 is 0 Å². The van der Waals surface area contributed by atoms with E-state index in [1.165, 1.54) is 7.05 Å². The molecule has 2 atom stereocenters. The van der Waals surface area contributed by atoms with Crippen LogP contribution in [-0.4, -0.2) is 66.5 Å². The Bertz CT molecular complexity index is 1010. The van der Waals surface area contributed by atoms with Crippen molar-refractivity contribution in [2.75, 3.05) is 20.2 Å². The van der Waals surface area contributed by atoms with E-state index in [0.29, 0.717) is 11.1 Å². The number of benzene rings is 1. The number of nitrogens with zero attached hydrogens (tertiary/aromatic N) is 1. The number of esters is 1. The highest BCUT2D eigenvalue weighted by atomic mass is 16.6. The number of nitrogens with two attached hydrogens (primary N) is 1. The number of carbonyl (C=O) groups is 5. The lowest BCUT2D eigenvalue weighted by Crippen LogP contribution is -2.52. The Kier molecular flexibility index (Phi) is 12.1. The van der Waals surface area contributed by atoms with E-state index in [0.717, 1.165) is 4.90 Å². The van der Waals surface area contributed by atoms with Crippen molar-refractivity contribution in [2.45, 2.75) is 64.6 Å². The first-order valence-corrected chi connectivity index (χ1v) is 11.8. The highest BCUT2D eigenvalue weighted by Crippen LogP contribution is 2.22. The lowest BCUT2D eigenvalue weighted by Gasteiger charge is -2.31. The fraction of sp³-hybridized carbons (Fsp3) is 0.500. The SMILES string of the molecule is C#Cc1ccc(C(C(=O)NCCC(=O)OCC)N(C)C(=O)C(CCC(N)=O)NC(=O)OC(C)(C)C)cc1. The second kappa shape index (κ2) is 14.5. The number of hydrogen-bond donors (Lipinski definition) is 3. The smallest absolute Gasteiger partial charge is 0.408 e. The number of alkyl carbamates (subject to hydrolysis) is 1. The van der Waals surface area contributed by atoms with Crippen LogP contribution in [0.5, 0.6) is 0 Å². The first kappa shape index (κ1) is 31.0. The highest BCUT2D eigenvalue weighted by molar-refractivity contribution is 5.92. The lowest BCUT2D eigenvalue weighted by atomic mass is 10.0. The fourth-order valence-electron chi connectivity index (χ4n) is 3.30. The molecule has 4 N–H and O–H groups in total. The van der Waals surface area contributed by atoms with E-state index >= 15 is 0 Å². The zero-order valence-corrected chi connectivity index (χ0v) is 22.0. The number of hydrogen-bond acceptors (Lipinski definition) is 7. The average molecular weight is 517 g/mol. The Morgan fingerprint density at radius 2 is 1.73 bits per heavy atom. The molecule has 0 saturated carbocycles. The standard InChI is InChI=1S/C26H36N4O7/c1-7-17-9-11-18(12-10-17)22(23(33)28-16-15-21(32)36-8-2)30(6)24(34)19(13-14-20(27)31)29-25(35)37-26(3,4)5/h1,9-12,19,22H,8,13-16H2,2-6H3,(H2,27,31)(H,28,33)(H,29,35). The molecule has 0 bridgehead atoms. The molecule has 37 heavy (non-hydrogen) atoms. The summed E-state index contributed by atoms with van der Waals surface area (Å²) in [7, 11) is 1.39. The van der Waals surface area contributed by atoms with Gasteiger partial charge in [-0.3, -0.25) is 19.2 Å². The molecule has 1 aromatic rings. The maximum atomic E-state index is 13.5. The second-order valence-electron chi connectivity index (χ2n) is 9.17. The summed E-state index contributed by atoms with van der Waals surface area (Å²) in [6, 6.07) is 4.11. The van der Waals surface area contributed by atoms with Gasteiger partial charge in [-0.05, 0) is 51.8 Å². The molecule has 0 heterocycles. The molecule has 0 radical (unpaired) electrons. The maximum absolute atomic E-state index is 13.5. The van der Waals surface area contributed by atoms with Gasteiger partial charge >= 0.3 is 12.1 Å². The molecule has 0 spiro atoms. The number of carbonyl (C=O) groups excluding carboxylic acids is 5. The third kappa shape index (κ3) is 11.0. The van der Waals surface area contributed by atoms with E-state index in [1.54, 1.807) is 52.0 Å². The topological polar surface area (TPSA) is 157 Å². The third-order valence-electron chi connectivity index (χ3n) is 4.98. The van der Waals surface area contributed by atoms with Gasteiger partial charge in [-0.15, -0.1) is 6.42 Å². The maximum Gasteiger partial charge on any atom is 0.408 e. The van der Waals surface area contributed by atoms with Crippen LogP contribution < -0.4 is 16.4 Å². The Labute approximate surface area is 217 Å². The van der Waals surface area contributed by atoms with E-state index < -0.39 is 47.5 Å². The zero-order chi connectivity index (χ0) is 28.2. The zero-order valence-electron chi connectivity index (χ0n) is 22.0. The monoisotopic (exact) mass is 516 g/mol. The van der Waals surface area contributed by atoms with Crippen LogP contribution in [0.2, 0.25) is 0 Å². The van der Waals surface area contributed by atoms with Gasteiger partial charge in [-0.1, -0.05) is 18.1 Å². The molecule has 202 valence electrons. The van der Waals surface area contributed by atoms with E-state index in [1.807, 2.05) is 0 Å². The Balaban J connectivity index is 3.22. The molecule has 1 aromatic carbocycles. The molecular weight excluding hydrogens is 480 g/mol. The van der Waals surface area contributed by atoms with Gasteiger partial charge in [0, 0.05) is 25.6 Å². The van der Waals surface area contributed by atoms with Gasteiger partial charge in [0.25, 0.3) is 0 Å². The van der Waals surface area contributed by atoms with Crippen molar-refractivity contribution >= 4 is 29.8 Å². The molecule has 2 unspecified atom stereocenters. The number of primary amides is 1. The van der Waals surface area contributed by atoms with Crippen LogP contribution in [0.3, 0.4) is 0 Å². The van der Waals surface area contributed by atoms with Crippen molar-refractivity contribution in [3.05, 3.63) is 35.4 Å². The van der Waals surface area contributed by atoms with Crippen molar-refractivity contribution < 1.29 is 33.4 Å². The van der Waals surface area contributed by atoms with Crippen molar-refractivity contribution in [2.24, 2.45) is 5.73 Å². The molecular formula is C26H36N4O7. The molecule has 11 nitrogen and oxygen atoms in total. The molecule has 0 aliphatic rings. The van der Waals surface area contributed by atoms with E-state index in [-0.39, 0.29) is 32.4 Å². The van der Waals surface area contributed by atoms with Gasteiger partial charge < -0.3 is 30.7 Å². The van der Waals surface area contributed by atoms with E-state index in [4.69, 9.17) is 21.6 Å². The number of rotatable bonds is 12. The normalized spacial score (nSPS) is 12.3. The predicted molar refractivity (Wildman–Crippen MR) is 136 cm³/mol. The van der Waals surface area contributed by atoms with Gasteiger partial charge in [0.1, 0.15) is 17.7 Å². The minimum Gasteiger partial charge on any atom is -0.466 e. The Morgan fingerprint density at radius 3 is 2.24 bits per heavy atom. The van der Waals surface area contributed by atoms with Crippen molar-refractivity contribution in [1.82, 2.24) is 15.5 Å². The Morgan fingerprint density at radius 1 is 1.11 bits per heavy atom. The van der Waals surface area contributed by atoms with Gasteiger partial charge in [0.2, 0.25) is 17.7 Å². The molecule has 0 aromatic heterocycles. The molecule has 0 aliphatic heterocycles. The summed E-state index contributed by atoms with van der Waals surface area (Å²) in [6.07, 6.45) is 4.21. The molecule has 0 saturated heterocycles. The largest absolute Gasteiger partial charge is 0.466 e. The Hall–Kier alpha value is -4.07. The van der Waals surface area contributed by atoms with E-state index in [9.17, 15) is 24.0 Å². The van der Waals surface area contributed by atoms with Crippen LogP contribution in [0, 0.1) is 12.3 Å². The summed E-state index contributed by atoms with van der Waals surface area (Å²) >= 11 is 0. The quantitative estimate of drug-likeness (QED) is 0.280. The highest BCUT2D eigenvalue weighted by Gasteiger charge is 2.34. The summed E-state index contributed by atoms with van der Waals surface area (Å²) in [5.74, 6) is 0.118. The summed E-state index contributed by atoms with van der Waals surface area (Å²) in [5, 5.41) is 5.10. The summed E-state index contributed by atoms with van der Waals surface area (Å²) < 4.78 is 10.1. The van der Waals surface area contributed by atoms with Crippen molar-refractivity contribution in [1.29, 1.82) is 0 Å². The molecule has 11 heteroatoms. The minimum atomic E-state index is -1.20. The van der Waals surface area contributed by atoms with Crippen LogP contribution in [0.1, 0.15) is 64.1 Å². The third-order valence-corrected chi connectivity index (χ3v) is 4.98. The molecule has 0 aliphatic carbocycles. The number of terminal acetylenes is 1. The minimum absolute atomic E-state index is 0.0140. The van der Waals surface area contributed by atoms with Gasteiger partial charge in [0.05, 0.1) is 13.0 Å². The van der Waals surface area contributed by atoms with Crippen LogP contribution in [-0.2, 0) is 28.7 Å². The molecule has 4 amide bonds. The van der Waals surface area contributed by atoms with Gasteiger partial charge in [0.15, 0.2) is 0 Å². The number of ether oxygens (including phenoxy) is 2. The van der Waals surface area contributed by atoms with E-state index in [2.05, 4.69) is 16.6 Å². The lowest BCUT2D eigenvalue weighted by molar-refractivity contribution is -0.144. The average Bonchev–Trinajstić information content (AvgIpc) is 2.80. The first-order chi connectivity index (χ1) is 17.3. The number of amides is 4. The molecule has 1 rings (SSSR count). The fourth-order valence-corrected chi connectivity index (χ4v) is 3.30. The second-order valence-corrected chi connectivity index (χ2v) is 9.17. The molecule has 0 fully saturated rings. The van der Waals surface area contributed by atoms with Crippen molar-refractivity contribution in [3.63, 3.8) is 0 Å². The van der Waals surface area contributed by atoms with Gasteiger partial charge in [-0.25, -0.2) is 4.79 Å². The van der Waals surface area contributed by atoms with Crippen molar-refractivity contribution in [3.8, 4) is 12.3 Å². The number of nitrogens with one attached hydrogen (secondary N) is 2. The summed E-state index contributed by atoms with van der Waals surface area (Å²) in [6.45, 7) is 6.86. The van der Waals surface area contributed by atoms with Crippen LogP contribution in [0.4, 0.5) is 4.79 Å². The first-order valence-electron chi connectivity index (χ1n) is 11.8. The summed E-state index contributed by atoms with van der Waals surface area (Å²) in [5.41, 5.74) is 5.44. The van der Waals surface area contributed by atoms with Crippen LogP contribution in [0.15, 0.2) is 24.3 Å². The van der Waals surface area contributed by atoms with Gasteiger partial charge in [-0.2, -0.15) is 0 Å². The van der Waals surface area contributed by atoms with Crippen LogP contribution in [0.25, 0.3) is 0 Å². The predicted octanol–water partition coefficient (Wildman–Crippen LogP) is 1.40. The summed E-state index contributed by atoms with van der Waals surface area (Å²) in [4.78, 5) is 63.2. The number of likely N-dealkylation sites (N-methyl/N-ethyl adjacent to an activating group) is 1.